The summed E-state index contributed by atoms with van der Waals surface area (Å²) in [6.45, 7) is 6.18. The van der Waals surface area contributed by atoms with Gasteiger partial charge < -0.3 is 11.1 Å². The van der Waals surface area contributed by atoms with Crippen LogP contribution in [0, 0.1) is 6.92 Å². The minimum atomic E-state index is 0.167. The molecule has 72 valence electrons. The number of rotatable bonds is 3. The lowest BCUT2D eigenvalue weighted by atomic mass is 10.1. The maximum Gasteiger partial charge on any atom is 0.0381 e. The number of nitrogens with two attached hydrogens (primary N) is 1. The lowest BCUT2D eigenvalue weighted by Gasteiger charge is -2.18. The highest BCUT2D eigenvalue weighted by Gasteiger charge is 2.05. The lowest BCUT2D eigenvalue weighted by Crippen LogP contribution is -2.35. The Morgan fingerprint density at radius 3 is 2.54 bits per heavy atom. The summed E-state index contributed by atoms with van der Waals surface area (Å²) in [4.78, 5) is 0. The van der Waals surface area contributed by atoms with E-state index in [1.165, 1.54) is 5.56 Å². The fourth-order valence-electron chi connectivity index (χ4n) is 1.13. The van der Waals surface area contributed by atoms with Gasteiger partial charge in [0, 0.05) is 17.8 Å². The van der Waals surface area contributed by atoms with Crippen molar-refractivity contribution in [2.75, 3.05) is 5.32 Å². The van der Waals surface area contributed by atoms with Crippen molar-refractivity contribution in [3.05, 3.63) is 29.8 Å². The van der Waals surface area contributed by atoms with Crippen molar-refractivity contribution in [1.29, 1.82) is 0 Å². The molecule has 0 saturated carbocycles. The van der Waals surface area contributed by atoms with Crippen LogP contribution in [0.2, 0.25) is 0 Å². The van der Waals surface area contributed by atoms with Crippen molar-refractivity contribution < 1.29 is 0 Å². The van der Waals surface area contributed by atoms with E-state index >= 15 is 0 Å². The normalized spacial score (nSPS) is 15.1. The van der Waals surface area contributed by atoms with Gasteiger partial charge in [-0.3, -0.25) is 0 Å². The van der Waals surface area contributed by atoms with Crippen LogP contribution < -0.4 is 11.1 Å². The Morgan fingerprint density at radius 1 is 1.31 bits per heavy atom. The van der Waals surface area contributed by atoms with Gasteiger partial charge in [0.15, 0.2) is 0 Å². The van der Waals surface area contributed by atoms with E-state index in [9.17, 15) is 0 Å². The Kier molecular flexibility index (Phi) is 3.32. The molecule has 2 unspecified atom stereocenters. The van der Waals surface area contributed by atoms with E-state index in [0.717, 1.165) is 5.69 Å². The predicted octanol–water partition coefficient (Wildman–Crippen LogP) is 2.14. The van der Waals surface area contributed by atoms with E-state index in [4.69, 9.17) is 5.73 Å². The van der Waals surface area contributed by atoms with E-state index in [0.29, 0.717) is 6.04 Å². The van der Waals surface area contributed by atoms with Gasteiger partial charge in [0.2, 0.25) is 0 Å². The zero-order chi connectivity index (χ0) is 9.84. The summed E-state index contributed by atoms with van der Waals surface area (Å²) >= 11 is 0. The predicted molar refractivity (Wildman–Crippen MR) is 57.9 cm³/mol. The Morgan fingerprint density at radius 2 is 2.00 bits per heavy atom. The Balaban J connectivity index is 2.64. The van der Waals surface area contributed by atoms with Crippen LogP contribution in [0.25, 0.3) is 0 Å². The molecule has 2 heteroatoms. The number of hydrogen-bond acceptors (Lipinski definition) is 2. The first-order chi connectivity index (χ1) is 6.09. The van der Waals surface area contributed by atoms with Crippen LogP contribution in [0.1, 0.15) is 19.4 Å². The number of anilines is 1. The number of hydrogen-bond donors (Lipinski definition) is 2. The molecule has 0 amide bonds. The molecular weight excluding hydrogens is 160 g/mol. The zero-order valence-electron chi connectivity index (χ0n) is 8.54. The fraction of sp³-hybridized carbons (Fsp3) is 0.455. The smallest absolute Gasteiger partial charge is 0.0381 e. The summed E-state index contributed by atoms with van der Waals surface area (Å²) in [6, 6.07) is 8.79. The van der Waals surface area contributed by atoms with E-state index in [-0.39, 0.29) is 6.04 Å². The Labute approximate surface area is 80.1 Å². The van der Waals surface area contributed by atoms with Crippen LogP contribution in [0.3, 0.4) is 0 Å². The average molecular weight is 178 g/mol. The van der Waals surface area contributed by atoms with Crippen molar-refractivity contribution in [1.82, 2.24) is 0 Å². The van der Waals surface area contributed by atoms with Crippen LogP contribution in [0.5, 0.6) is 0 Å². The molecule has 0 radical (unpaired) electrons. The number of aryl methyl sites for hydroxylation is 1. The molecule has 0 heterocycles. The highest BCUT2D eigenvalue weighted by atomic mass is 14.9. The number of nitrogens with one attached hydrogen (secondary N) is 1. The van der Waals surface area contributed by atoms with E-state index in [1.807, 2.05) is 13.0 Å². The molecule has 13 heavy (non-hydrogen) atoms. The Bertz CT molecular complexity index is 269. The summed E-state index contributed by atoms with van der Waals surface area (Å²) in [7, 11) is 0. The SMILES string of the molecule is Cc1cccc(NC(C)C(C)N)c1. The molecule has 0 aliphatic heterocycles. The maximum absolute atomic E-state index is 5.76. The quantitative estimate of drug-likeness (QED) is 0.744. The lowest BCUT2D eigenvalue weighted by molar-refractivity contribution is 0.638. The van der Waals surface area contributed by atoms with Crippen LogP contribution in [0.15, 0.2) is 24.3 Å². The van der Waals surface area contributed by atoms with Crippen LogP contribution in [-0.2, 0) is 0 Å². The van der Waals surface area contributed by atoms with E-state index < -0.39 is 0 Å². The molecule has 0 aromatic heterocycles. The molecule has 1 rings (SSSR count). The van der Waals surface area contributed by atoms with Crippen LogP contribution >= 0.6 is 0 Å². The molecule has 0 bridgehead atoms. The van der Waals surface area contributed by atoms with Crippen LogP contribution in [0.4, 0.5) is 5.69 Å². The average Bonchev–Trinajstić information content (AvgIpc) is 2.04. The van der Waals surface area contributed by atoms with E-state index in [2.05, 4.69) is 37.4 Å². The van der Waals surface area contributed by atoms with Crippen molar-refractivity contribution in [2.24, 2.45) is 5.73 Å². The summed E-state index contributed by atoms with van der Waals surface area (Å²) in [6.07, 6.45) is 0. The second kappa shape index (κ2) is 4.28. The highest BCUT2D eigenvalue weighted by Crippen LogP contribution is 2.11. The molecule has 2 nitrogen and oxygen atoms in total. The zero-order valence-corrected chi connectivity index (χ0v) is 8.54. The largest absolute Gasteiger partial charge is 0.381 e. The van der Waals surface area contributed by atoms with Crippen molar-refractivity contribution in [2.45, 2.75) is 32.9 Å². The standard InChI is InChI=1S/C11H18N2/c1-8-5-4-6-11(7-8)13-10(3)9(2)12/h4-7,9-10,13H,12H2,1-3H3. The van der Waals surface area contributed by atoms with E-state index in [1.54, 1.807) is 0 Å². The van der Waals surface area contributed by atoms with Gasteiger partial charge in [0.25, 0.3) is 0 Å². The van der Waals surface area contributed by atoms with Gasteiger partial charge in [0.1, 0.15) is 0 Å². The summed E-state index contributed by atoms with van der Waals surface area (Å²) in [5, 5.41) is 3.36. The summed E-state index contributed by atoms with van der Waals surface area (Å²) in [5.74, 6) is 0. The first kappa shape index (κ1) is 10.1. The third-order valence-electron chi connectivity index (χ3n) is 2.20. The van der Waals surface area contributed by atoms with Crippen LogP contribution in [-0.4, -0.2) is 12.1 Å². The maximum atomic E-state index is 5.76. The second-order valence-corrected chi connectivity index (χ2v) is 3.66. The number of benzene rings is 1. The summed E-state index contributed by atoms with van der Waals surface area (Å²) < 4.78 is 0. The van der Waals surface area contributed by atoms with Gasteiger partial charge in [-0.15, -0.1) is 0 Å². The minimum Gasteiger partial charge on any atom is -0.381 e. The Hall–Kier alpha value is -1.02. The second-order valence-electron chi connectivity index (χ2n) is 3.66. The molecule has 1 aromatic carbocycles. The third-order valence-corrected chi connectivity index (χ3v) is 2.20. The molecule has 0 aliphatic carbocycles. The third kappa shape index (κ3) is 3.07. The molecule has 2 atom stereocenters. The topological polar surface area (TPSA) is 38.0 Å². The molecule has 0 saturated heterocycles. The van der Waals surface area contributed by atoms with Gasteiger partial charge >= 0.3 is 0 Å². The van der Waals surface area contributed by atoms with Gasteiger partial charge in [0.05, 0.1) is 0 Å². The van der Waals surface area contributed by atoms with Gasteiger partial charge in [-0.25, -0.2) is 0 Å². The van der Waals surface area contributed by atoms with Gasteiger partial charge in [-0.1, -0.05) is 12.1 Å². The molecule has 1 aromatic rings. The molecule has 0 spiro atoms. The fourth-order valence-corrected chi connectivity index (χ4v) is 1.13. The van der Waals surface area contributed by atoms with Crippen molar-refractivity contribution in [3.63, 3.8) is 0 Å². The monoisotopic (exact) mass is 178 g/mol. The molecule has 3 N–H and O–H groups in total. The molecule has 0 fully saturated rings. The highest BCUT2D eigenvalue weighted by molar-refractivity contribution is 5.46. The molecule has 0 aliphatic rings. The van der Waals surface area contributed by atoms with Crippen molar-refractivity contribution in [3.8, 4) is 0 Å². The minimum absolute atomic E-state index is 0.167. The van der Waals surface area contributed by atoms with Crippen molar-refractivity contribution >= 4 is 5.69 Å². The summed E-state index contributed by atoms with van der Waals surface area (Å²) in [5.41, 5.74) is 8.17. The molecular formula is C11H18N2. The van der Waals surface area contributed by atoms with Gasteiger partial charge in [-0.05, 0) is 38.5 Å². The first-order valence-electron chi connectivity index (χ1n) is 4.68. The first-order valence-corrected chi connectivity index (χ1v) is 4.68. The van der Waals surface area contributed by atoms with Gasteiger partial charge in [-0.2, -0.15) is 0 Å².